The van der Waals surface area contributed by atoms with Gasteiger partial charge in [-0.2, -0.15) is 0 Å². The average molecular weight is 897 g/mol. The molecule has 2 unspecified atom stereocenters. The molecule has 0 spiro atoms. The molecule has 287 valence electrons. The van der Waals surface area contributed by atoms with Crippen LogP contribution >= 0.6 is 17.0 Å². The molecule has 6 aromatic carbocycles. The van der Waals surface area contributed by atoms with E-state index in [0.29, 0.717) is 0 Å². The Balaban J connectivity index is 1.49. The van der Waals surface area contributed by atoms with E-state index in [1.54, 1.807) is 0 Å². The number of fused-ring (bicyclic) bond motifs is 2. The van der Waals surface area contributed by atoms with Crippen molar-refractivity contribution in [3.63, 3.8) is 0 Å². The van der Waals surface area contributed by atoms with Crippen LogP contribution in [0.3, 0.4) is 0 Å². The summed E-state index contributed by atoms with van der Waals surface area (Å²) in [6.07, 6.45) is 4.93. The summed E-state index contributed by atoms with van der Waals surface area (Å²) in [6.45, 7) is 19.4. The molecule has 1 nitrogen and oxygen atoms in total. The van der Waals surface area contributed by atoms with Gasteiger partial charge in [0.1, 0.15) is 0 Å². The first-order valence-corrected chi connectivity index (χ1v) is 38.1. The number of hydrogen-bond acceptors (Lipinski definition) is 1. The van der Waals surface area contributed by atoms with Gasteiger partial charge < -0.3 is 0 Å². The van der Waals surface area contributed by atoms with E-state index < -0.39 is 32.6 Å². The molecule has 2 aliphatic rings. The molecule has 2 aliphatic carbocycles. The van der Waals surface area contributed by atoms with Gasteiger partial charge in [-0.25, -0.2) is 0 Å². The Labute approximate surface area is 351 Å². The van der Waals surface area contributed by atoms with Crippen LogP contribution in [-0.4, -0.2) is 25.6 Å². The summed E-state index contributed by atoms with van der Waals surface area (Å²) in [5.74, 6) is 0. The number of aryl methyl sites for hydroxylation is 2. The van der Waals surface area contributed by atoms with Gasteiger partial charge in [-0.3, -0.25) is 0 Å². The fourth-order valence-corrected chi connectivity index (χ4v) is 51.5. The zero-order valence-electron chi connectivity index (χ0n) is 34.6. The van der Waals surface area contributed by atoms with E-state index in [1.165, 1.54) is 77.9 Å². The molecule has 6 aromatic rings. The fourth-order valence-electron chi connectivity index (χ4n) is 10.2. The van der Waals surface area contributed by atoms with Crippen LogP contribution in [0.1, 0.15) is 51.8 Å². The van der Waals surface area contributed by atoms with Gasteiger partial charge in [-0.15, -0.1) is 0 Å². The van der Waals surface area contributed by atoms with E-state index in [4.69, 9.17) is 0 Å². The molecule has 0 radical (unpaired) electrons. The van der Waals surface area contributed by atoms with E-state index in [2.05, 4.69) is 215 Å². The zero-order valence-corrected chi connectivity index (χ0v) is 40.5. The number of benzene rings is 6. The summed E-state index contributed by atoms with van der Waals surface area (Å²) in [5.41, 5.74) is 17.5. The predicted molar refractivity (Wildman–Crippen MR) is 255 cm³/mol. The quantitative estimate of drug-likeness (QED) is 0.124. The van der Waals surface area contributed by atoms with Crippen LogP contribution in [0.25, 0.3) is 45.6 Å². The molecule has 0 bridgehead atoms. The van der Waals surface area contributed by atoms with Crippen LogP contribution < -0.4 is 0 Å². The third-order valence-corrected chi connectivity index (χ3v) is 39.3. The first-order chi connectivity index (χ1) is 27.1. The Kier molecular flexibility index (Phi) is 10.7. The van der Waals surface area contributed by atoms with Gasteiger partial charge in [0.2, 0.25) is 0 Å². The topological polar surface area (TPSA) is 3.24 Å². The second-order valence-corrected chi connectivity index (χ2v) is 50.5. The van der Waals surface area contributed by atoms with E-state index in [0.717, 1.165) is 4.95 Å². The molecule has 0 heterocycles. The SMILES string of the molecule is Cc1ccccc1-c1cccc2c1C=C(c1ccccc1)[CH]2[Zr]([Cl])([Cl])([BH]N([Si](C)(C)C)[Si](C)(C)C)[CH]1C(c2ccccc2)=Cc2c(-c3ccccc3C)cccc21. The molecular weight excluding hydrogens is 844 g/mol. The van der Waals surface area contributed by atoms with Gasteiger partial charge in [0.25, 0.3) is 0 Å². The molecule has 2 atom stereocenters. The van der Waals surface area contributed by atoms with Crippen molar-refractivity contribution in [2.45, 2.75) is 60.4 Å². The molecule has 0 N–H and O–H groups in total. The summed E-state index contributed by atoms with van der Waals surface area (Å²) < 4.78 is 2.57. The monoisotopic (exact) mass is 894 g/mol. The van der Waals surface area contributed by atoms with Gasteiger partial charge >= 0.3 is 355 Å². The maximum absolute atomic E-state index is 9.31. The van der Waals surface area contributed by atoms with Crippen molar-refractivity contribution in [3.8, 4) is 22.3 Å². The molecule has 0 saturated carbocycles. The summed E-state index contributed by atoms with van der Waals surface area (Å²) in [7, 11) is 14.7. The fraction of sp³-hybridized carbons (Fsp3) is 0.200. The third-order valence-electron chi connectivity index (χ3n) is 12.5. The molecule has 0 aromatic heterocycles. The molecule has 57 heavy (non-hydrogen) atoms. The predicted octanol–water partition coefficient (Wildman–Crippen LogP) is 14.8. The Morgan fingerprint density at radius 3 is 1.18 bits per heavy atom. The minimum absolute atomic E-state index is 0.170. The summed E-state index contributed by atoms with van der Waals surface area (Å²) in [6, 6.07) is 53.3. The number of nitrogens with zero attached hydrogens (tertiary/aromatic N) is 1. The molecule has 0 amide bonds. The first kappa shape index (κ1) is 40.5. The van der Waals surface area contributed by atoms with Gasteiger partial charge in [0.15, 0.2) is 0 Å². The molecule has 0 fully saturated rings. The number of halogens is 2. The van der Waals surface area contributed by atoms with E-state index in [-0.39, 0.29) is 7.25 Å². The van der Waals surface area contributed by atoms with E-state index in [1.807, 2.05) is 0 Å². The summed E-state index contributed by atoms with van der Waals surface area (Å²) >= 11 is -5.59. The second-order valence-electron chi connectivity index (χ2n) is 18.3. The number of allylic oxidation sites excluding steroid dienone is 2. The van der Waals surface area contributed by atoms with Crippen LogP contribution in [-0.2, 0) is 16.2 Å². The van der Waals surface area contributed by atoms with Crippen LogP contribution in [0.15, 0.2) is 146 Å². The zero-order chi connectivity index (χ0) is 40.4. The van der Waals surface area contributed by atoms with E-state index in [9.17, 15) is 17.0 Å². The Morgan fingerprint density at radius 1 is 0.456 bits per heavy atom. The molecule has 0 saturated heterocycles. The van der Waals surface area contributed by atoms with Crippen molar-refractivity contribution in [2.75, 3.05) is 0 Å². The third kappa shape index (κ3) is 7.26. The van der Waals surface area contributed by atoms with Crippen molar-refractivity contribution in [1.29, 1.82) is 0 Å². The van der Waals surface area contributed by atoms with Gasteiger partial charge in [0, 0.05) is 0 Å². The van der Waals surface area contributed by atoms with Gasteiger partial charge in [-0.1, -0.05) is 0 Å². The summed E-state index contributed by atoms with van der Waals surface area (Å²) in [5, 5.41) is 0. The van der Waals surface area contributed by atoms with Gasteiger partial charge in [0.05, 0.1) is 0 Å². The van der Waals surface area contributed by atoms with Crippen LogP contribution in [0.5, 0.6) is 0 Å². The standard InChI is InChI=1S/2C22H17.C6H19BNSi2.2ClH.Zr/c2*1-16-8-5-6-12-20(16)21-13-7-11-18-14-19(15-22(18)21)17-9-3-2-4-10-17;1-9(2,3)8(7)10(4,5)6;;;/h2*2-15H,1H3;7H,1-6H3;2*1H;/q;;+1;;;+1/p-2. The summed E-state index contributed by atoms with van der Waals surface area (Å²) in [4.78, 5) is 0.724. The van der Waals surface area contributed by atoms with Crippen LogP contribution in [0, 0.1) is 13.8 Å². The Hall–Kier alpha value is -3.28. The molecular formula is C50H53BCl2NSi2Zr. The van der Waals surface area contributed by atoms with Crippen molar-refractivity contribution < 1.29 is 16.2 Å². The van der Waals surface area contributed by atoms with E-state index >= 15 is 0 Å². The van der Waals surface area contributed by atoms with Crippen molar-refractivity contribution in [3.05, 3.63) is 190 Å². The number of rotatable bonds is 10. The second kappa shape index (κ2) is 15.1. The molecule has 0 aliphatic heterocycles. The van der Waals surface area contributed by atoms with Crippen molar-refractivity contribution in [2.24, 2.45) is 0 Å². The molecule has 7 heteroatoms. The first-order valence-electron chi connectivity index (χ1n) is 20.3. The van der Waals surface area contributed by atoms with Crippen molar-refractivity contribution in [1.82, 2.24) is 4.14 Å². The average Bonchev–Trinajstić information content (AvgIpc) is 3.79. The Bertz CT molecular complexity index is 2380. The number of hydrogen-bond donors (Lipinski definition) is 0. The minimum atomic E-state index is -5.59. The van der Waals surface area contributed by atoms with Crippen molar-refractivity contribution >= 4 is 61.7 Å². The molecule has 8 rings (SSSR count). The maximum atomic E-state index is 9.31. The van der Waals surface area contributed by atoms with Crippen LogP contribution in [0.4, 0.5) is 0 Å². The normalized spacial score (nSPS) is 17.4. The van der Waals surface area contributed by atoms with Gasteiger partial charge in [-0.05, 0) is 0 Å². The van der Waals surface area contributed by atoms with Crippen LogP contribution in [0.2, 0.25) is 39.3 Å². The Morgan fingerprint density at radius 2 is 0.807 bits per heavy atom.